The number of carboxylic acid groups (broad SMARTS) is 1. The van der Waals surface area contributed by atoms with E-state index >= 15 is 0 Å². The van der Waals surface area contributed by atoms with Gasteiger partial charge in [0.05, 0.1) is 45.4 Å². The molecule has 40 heavy (non-hydrogen) atoms. The van der Waals surface area contributed by atoms with Gasteiger partial charge in [0.2, 0.25) is 0 Å². The van der Waals surface area contributed by atoms with Crippen LogP contribution in [0, 0.1) is 10.8 Å². The topological polar surface area (TPSA) is 105 Å². The number of aromatic nitrogens is 3. The van der Waals surface area contributed by atoms with E-state index in [1.54, 1.807) is 6.92 Å². The number of pyridine rings is 1. The maximum absolute atomic E-state index is 14.5. The molecule has 0 aromatic carbocycles. The summed E-state index contributed by atoms with van der Waals surface area (Å²) in [6, 6.07) is -0.719. The lowest BCUT2D eigenvalue weighted by molar-refractivity contribution is -0.152. The Morgan fingerprint density at radius 3 is 2.17 bits per heavy atom. The number of alkyl halides is 3. The summed E-state index contributed by atoms with van der Waals surface area (Å²) >= 11 is 12.3. The lowest BCUT2D eigenvalue weighted by Crippen LogP contribution is -2.47. The van der Waals surface area contributed by atoms with Crippen LogP contribution in [-0.4, -0.2) is 55.5 Å². The Balaban J connectivity index is 1.69. The van der Waals surface area contributed by atoms with E-state index in [4.69, 9.17) is 23.2 Å². The SMILES string of the molecule is CCC1(CN(CC(=O)c2c(Cl)cncc2Cl)C(=O)c2cnn(C3CCC(C)(C(=O)O)CC3)c2C(F)(F)F)CCC1. The molecule has 0 saturated heterocycles. The number of hydrogen-bond acceptors (Lipinski definition) is 5. The maximum atomic E-state index is 14.5. The van der Waals surface area contributed by atoms with Gasteiger partial charge in [0.15, 0.2) is 11.5 Å². The first kappa shape index (κ1) is 30.3. The van der Waals surface area contributed by atoms with Crippen molar-refractivity contribution in [3.63, 3.8) is 0 Å². The van der Waals surface area contributed by atoms with Crippen LogP contribution in [-0.2, 0) is 11.0 Å². The molecule has 2 aliphatic carbocycles. The molecule has 0 radical (unpaired) electrons. The van der Waals surface area contributed by atoms with E-state index in [0.29, 0.717) is 6.42 Å². The lowest BCUT2D eigenvalue weighted by Gasteiger charge is -2.44. The van der Waals surface area contributed by atoms with Crippen molar-refractivity contribution in [2.45, 2.75) is 77.4 Å². The third-order valence-electron chi connectivity index (χ3n) is 8.66. The highest BCUT2D eigenvalue weighted by molar-refractivity contribution is 6.39. The van der Waals surface area contributed by atoms with Crippen molar-refractivity contribution in [1.82, 2.24) is 19.7 Å². The molecular weight excluding hydrogens is 572 g/mol. The Bertz CT molecular complexity index is 1280. The number of carbonyl (C=O) groups excluding carboxylic acids is 2. The van der Waals surface area contributed by atoms with Gasteiger partial charge in [-0.15, -0.1) is 0 Å². The number of carbonyl (C=O) groups is 3. The molecule has 2 aromatic rings. The zero-order valence-electron chi connectivity index (χ0n) is 22.2. The van der Waals surface area contributed by atoms with Gasteiger partial charge in [-0.3, -0.25) is 24.0 Å². The zero-order chi connectivity index (χ0) is 29.5. The van der Waals surface area contributed by atoms with Gasteiger partial charge in [0.25, 0.3) is 5.91 Å². The molecule has 218 valence electrons. The van der Waals surface area contributed by atoms with Crippen LogP contribution in [0.25, 0.3) is 0 Å². The fourth-order valence-electron chi connectivity index (χ4n) is 5.78. The number of amides is 1. The van der Waals surface area contributed by atoms with E-state index in [2.05, 4.69) is 10.1 Å². The molecule has 2 saturated carbocycles. The quantitative estimate of drug-likeness (QED) is 0.320. The van der Waals surface area contributed by atoms with Crippen molar-refractivity contribution >= 4 is 40.9 Å². The van der Waals surface area contributed by atoms with E-state index in [0.717, 1.165) is 35.0 Å². The zero-order valence-corrected chi connectivity index (χ0v) is 23.7. The van der Waals surface area contributed by atoms with E-state index in [-0.39, 0.29) is 53.3 Å². The largest absolute Gasteiger partial charge is 0.481 e. The molecule has 0 unspecified atom stereocenters. The van der Waals surface area contributed by atoms with Crippen LogP contribution < -0.4 is 0 Å². The summed E-state index contributed by atoms with van der Waals surface area (Å²) in [5.41, 5.74) is -3.22. The van der Waals surface area contributed by atoms with E-state index < -0.39 is 53.1 Å². The third kappa shape index (κ3) is 5.86. The number of Topliss-reactive ketones (excluding diaryl/α,β-unsaturated/α-hetero) is 1. The summed E-state index contributed by atoms with van der Waals surface area (Å²) < 4.78 is 44.3. The summed E-state index contributed by atoms with van der Waals surface area (Å²) in [4.78, 5) is 43.7. The van der Waals surface area contributed by atoms with Gasteiger partial charge in [-0.05, 0) is 57.3 Å². The van der Waals surface area contributed by atoms with Crippen LogP contribution in [0.5, 0.6) is 0 Å². The van der Waals surface area contributed by atoms with Gasteiger partial charge in [0.1, 0.15) is 0 Å². The fraction of sp³-hybridized carbons (Fsp3) is 0.593. The molecule has 0 bridgehead atoms. The third-order valence-corrected chi connectivity index (χ3v) is 9.23. The van der Waals surface area contributed by atoms with Crippen molar-refractivity contribution in [3.05, 3.63) is 45.5 Å². The average molecular weight is 603 g/mol. The Kier molecular flexibility index (Phi) is 8.57. The van der Waals surface area contributed by atoms with Gasteiger partial charge in [-0.2, -0.15) is 18.3 Å². The minimum absolute atomic E-state index is 0.0202. The van der Waals surface area contributed by atoms with Gasteiger partial charge in [0, 0.05) is 18.9 Å². The number of carboxylic acids is 1. The smallest absolute Gasteiger partial charge is 0.433 e. The Hall–Kier alpha value is -2.66. The van der Waals surface area contributed by atoms with Crippen LogP contribution >= 0.6 is 23.2 Å². The van der Waals surface area contributed by atoms with E-state index in [1.807, 2.05) is 6.92 Å². The number of ketones is 1. The molecular formula is C27H31Cl2F3N4O4. The highest BCUT2D eigenvalue weighted by Gasteiger charge is 2.46. The summed E-state index contributed by atoms with van der Waals surface area (Å²) in [5, 5.41) is 13.4. The van der Waals surface area contributed by atoms with Crippen molar-refractivity contribution in [2.75, 3.05) is 13.1 Å². The Morgan fingerprint density at radius 1 is 1.10 bits per heavy atom. The molecule has 13 heteroatoms. The predicted octanol–water partition coefficient (Wildman–Crippen LogP) is 6.72. The van der Waals surface area contributed by atoms with Gasteiger partial charge < -0.3 is 10.0 Å². The number of nitrogens with zero attached hydrogens (tertiary/aromatic N) is 4. The molecule has 0 aliphatic heterocycles. The summed E-state index contributed by atoms with van der Waals surface area (Å²) in [6.07, 6.45) is 2.34. The normalized spacial score (nSPS) is 22.4. The molecule has 1 N–H and O–H groups in total. The van der Waals surface area contributed by atoms with Gasteiger partial charge in [-0.1, -0.05) is 36.5 Å². The van der Waals surface area contributed by atoms with Crippen LogP contribution in [0.4, 0.5) is 13.2 Å². The van der Waals surface area contributed by atoms with Gasteiger partial charge in [-0.25, -0.2) is 0 Å². The molecule has 2 aliphatic rings. The van der Waals surface area contributed by atoms with Crippen molar-refractivity contribution < 1.29 is 32.7 Å². The summed E-state index contributed by atoms with van der Waals surface area (Å²) in [6.45, 7) is 3.10. The maximum Gasteiger partial charge on any atom is 0.433 e. The average Bonchev–Trinajstić information content (AvgIpc) is 3.31. The molecule has 0 spiro atoms. The first-order chi connectivity index (χ1) is 18.7. The molecule has 2 aromatic heterocycles. The molecule has 4 rings (SSSR count). The summed E-state index contributed by atoms with van der Waals surface area (Å²) in [7, 11) is 0. The number of hydrogen-bond donors (Lipinski definition) is 1. The molecule has 8 nitrogen and oxygen atoms in total. The highest BCUT2D eigenvalue weighted by Crippen LogP contribution is 2.46. The summed E-state index contributed by atoms with van der Waals surface area (Å²) in [5.74, 6) is -2.56. The van der Waals surface area contributed by atoms with Crippen molar-refractivity contribution in [1.29, 1.82) is 0 Å². The van der Waals surface area contributed by atoms with Crippen LogP contribution in [0.1, 0.15) is 97.7 Å². The fourth-order valence-corrected chi connectivity index (χ4v) is 6.36. The van der Waals surface area contributed by atoms with Crippen LogP contribution in [0.3, 0.4) is 0 Å². The highest BCUT2D eigenvalue weighted by atomic mass is 35.5. The van der Waals surface area contributed by atoms with Crippen molar-refractivity contribution in [3.8, 4) is 0 Å². The van der Waals surface area contributed by atoms with Gasteiger partial charge >= 0.3 is 12.1 Å². The first-order valence-corrected chi connectivity index (χ1v) is 14.0. The second-order valence-electron chi connectivity index (χ2n) is 11.2. The first-order valence-electron chi connectivity index (χ1n) is 13.2. The van der Waals surface area contributed by atoms with Crippen LogP contribution in [0.15, 0.2) is 18.6 Å². The Labute approximate surface area is 239 Å². The molecule has 2 fully saturated rings. The standard InChI is InChI=1S/C27H31Cl2F3N4O4/c1-3-26(7-4-8-26)15-35(14-20(37)21-18(28)12-33-13-19(21)29)23(38)17-11-34-36(22(17)27(30,31)32)16-5-9-25(2,10-6-16)24(39)40/h11-13,16H,3-10,14-15H2,1-2H3,(H,39,40). The van der Waals surface area contributed by atoms with E-state index in [1.165, 1.54) is 12.4 Å². The molecule has 2 heterocycles. The molecule has 1 amide bonds. The van der Waals surface area contributed by atoms with Crippen molar-refractivity contribution in [2.24, 2.45) is 10.8 Å². The molecule has 0 atom stereocenters. The van der Waals surface area contributed by atoms with Crippen LogP contribution in [0.2, 0.25) is 10.0 Å². The number of aliphatic carboxylic acids is 1. The second-order valence-corrected chi connectivity index (χ2v) is 12.0. The Morgan fingerprint density at radius 2 is 1.70 bits per heavy atom. The number of halogens is 5. The second kappa shape index (κ2) is 11.3. The minimum Gasteiger partial charge on any atom is -0.481 e. The number of rotatable bonds is 9. The monoisotopic (exact) mass is 602 g/mol. The lowest BCUT2D eigenvalue weighted by atomic mass is 9.66. The minimum atomic E-state index is -4.92. The van der Waals surface area contributed by atoms with E-state index in [9.17, 15) is 32.7 Å². The predicted molar refractivity (Wildman–Crippen MR) is 142 cm³/mol.